The average molecular weight is 446 g/mol. The number of hydrogen-bond acceptors (Lipinski definition) is 5. The number of carbonyl (C=O) groups is 2. The van der Waals surface area contributed by atoms with E-state index < -0.39 is 17.7 Å². The predicted molar refractivity (Wildman–Crippen MR) is 126 cm³/mol. The van der Waals surface area contributed by atoms with E-state index in [1.807, 2.05) is 24.3 Å². The first-order valence-electron chi connectivity index (χ1n) is 12.5. The van der Waals surface area contributed by atoms with Crippen LogP contribution < -0.4 is 4.90 Å². The molecule has 0 N–H and O–H groups in total. The number of para-hydroxylation sites is 1. The molecule has 7 rings (SSSR count). The van der Waals surface area contributed by atoms with Crippen molar-refractivity contribution in [3.05, 3.63) is 59.3 Å². The first-order valence-corrected chi connectivity index (χ1v) is 12.5. The Kier molecular flexibility index (Phi) is 4.97. The molecule has 1 spiro atoms. The van der Waals surface area contributed by atoms with E-state index in [1.54, 1.807) is 6.08 Å². The van der Waals surface area contributed by atoms with Crippen molar-refractivity contribution in [2.24, 2.45) is 23.7 Å². The lowest BCUT2D eigenvalue weighted by molar-refractivity contribution is -0.313. The van der Waals surface area contributed by atoms with E-state index in [-0.39, 0.29) is 17.4 Å². The van der Waals surface area contributed by atoms with Crippen LogP contribution in [0.15, 0.2) is 53.8 Å². The lowest BCUT2D eigenvalue weighted by Gasteiger charge is -2.59. The van der Waals surface area contributed by atoms with E-state index in [2.05, 4.69) is 30.0 Å². The molecule has 6 aliphatic rings. The third kappa shape index (κ3) is 3.35. The Balaban J connectivity index is 1.27. The highest BCUT2D eigenvalue weighted by molar-refractivity contribution is 6.15. The Morgan fingerprint density at radius 1 is 0.939 bits per heavy atom. The Morgan fingerprint density at radius 3 is 2.27 bits per heavy atom. The molecule has 4 saturated carbocycles. The van der Waals surface area contributed by atoms with E-state index in [4.69, 9.17) is 9.47 Å². The fourth-order valence-electron chi connectivity index (χ4n) is 6.97. The topological polar surface area (TPSA) is 55.8 Å². The number of esters is 2. The molecule has 2 heterocycles. The summed E-state index contributed by atoms with van der Waals surface area (Å²) in [6.45, 7) is 3.04. The zero-order valence-electron chi connectivity index (χ0n) is 19.2. The van der Waals surface area contributed by atoms with Gasteiger partial charge in [-0.25, -0.2) is 9.59 Å². The standard InChI is InChI=1S/C28H31NO4/c1-2-3-12-29-23(9-8-20-6-4-5-7-25(20)29)10-11-24-26(30)32-28(33-27(24)31)21-14-18-13-19(16-21)17-22(28)15-18/h4-11,18-19,21-22H,2-3,12-17H2,1H3/b23-10+,24-11?. The third-order valence-electron chi connectivity index (χ3n) is 8.35. The van der Waals surface area contributed by atoms with Gasteiger partial charge in [0.25, 0.3) is 5.79 Å². The van der Waals surface area contributed by atoms with Gasteiger partial charge in [0, 0.05) is 29.8 Å². The first kappa shape index (κ1) is 20.8. The number of ether oxygens (including phenoxy) is 2. The van der Waals surface area contributed by atoms with Crippen molar-refractivity contribution in [2.75, 3.05) is 11.4 Å². The molecule has 0 atom stereocenters. The van der Waals surface area contributed by atoms with E-state index in [0.29, 0.717) is 11.8 Å². The van der Waals surface area contributed by atoms with E-state index >= 15 is 0 Å². The molecule has 33 heavy (non-hydrogen) atoms. The van der Waals surface area contributed by atoms with Gasteiger partial charge in [0.15, 0.2) is 0 Å². The fourth-order valence-corrected chi connectivity index (χ4v) is 6.97. The summed E-state index contributed by atoms with van der Waals surface area (Å²) in [7, 11) is 0. The minimum absolute atomic E-state index is 0.00960. The van der Waals surface area contributed by atoms with Crippen LogP contribution in [0.4, 0.5) is 5.69 Å². The lowest BCUT2D eigenvalue weighted by Crippen LogP contribution is -2.63. The number of nitrogens with zero attached hydrogens (tertiary/aromatic N) is 1. The summed E-state index contributed by atoms with van der Waals surface area (Å²) in [6, 6.07) is 8.27. The number of carbonyl (C=O) groups excluding carboxylic acids is 2. The summed E-state index contributed by atoms with van der Waals surface area (Å²) in [6.07, 6.45) is 15.0. The zero-order valence-corrected chi connectivity index (χ0v) is 19.2. The minimum Gasteiger partial charge on any atom is -0.418 e. The van der Waals surface area contributed by atoms with Gasteiger partial charge >= 0.3 is 11.9 Å². The summed E-state index contributed by atoms with van der Waals surface area (Å²) >= 11 is 0. The van der Waals surface area contributed by atoms with E-state index in [9.17, 15) is 9.59 Å². The SMILES string of the molecule is CCCCN1/C(=C/C=C2C(=O)OC3(OC2=O)C2CC4CC(C2)CC3C4)C=Cc2ccccc21. The van der Waals surface area contributed by atoms with Gasteiger partial charge in [-0.2, -0.15) is 0 Å². The second kappa shape index (κ2) is 7.89. The predicted octanol–water partition coefficient (Wildman–Crippen LogP) is 5.38. The summed E-state index contributed by atoms with van der Waals surface area (Å²) < 4.78 is 12.0. The number of rotatable bonds is 4. The number of anilines is 1. The Hall–Kier alpha value is -2.82. The van der Waals surface area contributed by atoms with Crippen LogP contribution in [0.1, 0.15) is 57.4 Å². The van der Waals surface area contributed by atoms with Crippen LogP contribution in [0, 0.1) is 23.7 Å². The molecule has 2 aliphatic heterocycles. The molecule has 5 nitrogen and oxygen atoms in total. The Morgan fingerprint density at radius 2 is 1.61 bits per heavy atom. The highest BCUT2D eigenvalue weighted by atomic mass is 16.7. The highest BCUT2D eigenvalue weighted by Gasteiger charge is 2.64. The maximum atomic E-state index is 13.1. The first-order chi connectivity index (χ1) is 16.1. The number of allylic oxidation sites excluding steroid dienone is 3. The quantitative estimate of drug-likeness (QED) is 0.354. The molecule has 5 heteroatoms. The summed E-state index contributed by atoms with van der Waals surface area (Å²) in [5, 5.41) is 0. The molecule has 1 aromatic rings. The number of fused-ring (bicyclic) bond motifs is 1. The third-order valence-corrected chi connectivity index (χ3v) is 8.35. The molecule has 1 aromatic carbocycles. The molecule has 5 fully saturated rings. The monoisotopic (exact) mass is 445 g/mol. The van der Waals surface area contributed by atoms with Gasteiger partial charge in [0.2, 0.25) is 0 Å². The van der Waals surface area contributed by atoms with Gasteiger partial charge in [-0.05, 0) is 80.2 Å². The molecule has 1 saturated heterocycles. The summed E-state index contributed by atoms with van der Waals surface area (Å²) in [5.41, 5.74) is 3.24. The van der Waals surface area contributed by atoms with Crippen LogP contribution in [0.25, 0.3) is 6.08 Å². The van der Waals surface area contributed by atoms with Gasteiger partial charge in [-0.1, -0.05) is 37.6 Å². The second-order valence-corrected chi connectivity index (χ2v) is 10.4. The molecule has 4 bridgehead atoms. The van der Waals surface area contributed by atoms with Crippen molar-refractivity contribution in [2.45, 2.75) is 57.7 Å². The molecular formula is C28H31NO4. The normalized spacial score (nSPS) is 35.1. The van der Waals surface area contributed by atoms with Crippen LogP contribution in [0.5, 0.6) is 0 Å². The van der Waals surface area contributed by atoms with E-state index in [1.165, 1.54) is 12.0 Å². The van der Waals surface area contributed by atoms with Gasteiger partial charge in [0.1, 0.15) is 5.57 Å². The van der Waals surface area contributed by atoms with Gasteiger partial charge in [0.05, 0.1) is 0 Å². The maximum absolute atomic E-state index is 13.1. The van der Waals surface area contributed by atoms with Crippen LogP contribution in [-0.4, -0.2) is 24.3 Å². The van der Waals surface area contributed by atoms with Crippen LogP contribution in [0.2, 0.25) is 0 Å². The molecule has 0 amide bonds. The summed E-state index contributed by atoms with van der Waals surface area (Å²) in [5.74, 6) is -0.373. The molecule has 0 radical (unpaired) electrons. The molecule has 4 aliphatic carbocycles. The minimum atomic E-state index is -1.02. The van der Waals surface area contributed by atoms with Gasteiger partial charge < -0.3 is 14.4 Å². The van der Waals surface area contributed by atoms with Crippen molar-refractivity contribution < 1.29 is 19.1 Å². The van der Waals surface area contributed by atoms with Gasteiger partial charge in [-0.3, -0.25) is 0 Å². The number of hydrogen-bond donors (Lipinski definition) is 0. The van der Waals surface area contributed by atoms with Gasteiger partial charge in [-0.15, -0.1) is 0 Å². The van der Waals surface area contributed by atoms with Crippen LogP contribution >= 0.6 is 0 Å². The van der Waals surface area contributed by atoms with Crippen molar-refractivity contribution in [1.82, 2.24) is 0 Å². The van der Waals surface area contributed by atoms with Crippen molar-refractivity contribution >= 4 is 23.7 Å². The Labute approximate surface area is 195 Å². The molecular weight excluding hydrogens is 414 g/mol. The average Bonchev–Trinajstić information content (AvgIpc) is 2.80. The maximum Gasteiger partial charge on any atom is 0.348 e. The van der Waals surface area contributed by atoms with Crippen molar-refractivity contribution in [1.29, 1.82) is 0 Å². The van der Waals surface area contributed by atoms with Crippen molar-refractivity contribution in [3.8, 4) is 0 Å². The Bertz CT molecular complexity index is 1030. The zero-order chi connectivity index (χ0) is 22.6. The summed E-state index contributed by atoms with van der Waals surface area (Å²) in [4.78, 5) is 28.4. The van der Waals surface area contributed by atoms with Crippen LogP contribution in [-0.2, 0) is 19.1 Å². The molecule has 172 valence electrons. The molecule has 0 aromatic heterocycles. The molecule has 0 unspecified atom stereocenters. The fraction of sp³-hybridized carbons (Fsp3) is 0.500. The second-order valence-electron chi connectivity index (χ2n) is 10.4. The number of benzene rings is 1. The van der Waals surface area contributed by atoms with Crippen molar-refractivity contribution in [3.63, 3.8) is 0 Å². The largest absolute Gasteiger partial charge is 0.418 e. The number of unbranched alkanes of at least 4 members (excludes halogenated alkanes) is 1. The van der Waals surface area contributed by atoms with E-state index in [0.717, 1.165) is 56.5 Å². The smallest absolute Gasteiger partial charge is 0.348 e. The highest BCUT2D eigenvalue weighted by Crippen LogP contribution is 2.61. The van der Waals surface area contributed by atoms with Crippen LogP contribution in [0.3, 0.4) is 0 Å². The lowest BCUT2D eigenvalue weighted by atomic mass is 9.53.